The van der Waals surface area contributed by atoms with Gasteiger partial charge in [0.1, 0.15) is 5.78 Å². The fraction of sp³-hybridized carbons (Fsp3) is 0.875. The molecule has 0 aliphatic rings. The Morgan fingerprint density at radius 2 is 1.62 bits per heavy atom. The normalized spacial score (nSPS) is 9.85. The quantitative estimate of drug-likeness (QED) is 0.606. The summed E-state index contributed by atoms with van der Waals surface area (Å²) in [5, 5.41) is 17.2. The lowest BCUT2D eigenvalue weighted by molar-refractivity contribution is -0.117. The number of aliphatic hydroxyl groups excluding tert-OH is 2. The maximum atomic E-state index is 10.6. The van der Waals surface area contributed by atoms with Crippen LogP contribution in [0.1, 0.15) is 13.3 Å². The molecular weight excluding hydrogens is 194 g/mol. The SMILES string of the molecule is CC(=O)CCN(CCO)CCO.Cl. The number of hydrogen-bond acceptors (Lipinski definition) is 4. The van der Waals surface area contributed by atoms with E-state index in [-0.39, 0.29) is 31.4 Å². The van der Waals surface area contributed by atoms with Crippen LogP contribution in [-0.2, 0) is 4.79 Å². The second-order valence-corrected chi connectivity index (χ2v) is 2.74. The van der Waals surface area contributed by atoms with Crippen LogP contribution in [0.3, 0.4) is 0 Å². The molecule has 0 aromatic carbocycles. The van der Waals surface area contributed by atoms with E-state index in [0.717, 1.165) is 0 Å². The Hall–Kier alpha value is -0.160. The molecule has 5 heteroatoms. The number of carbonyl (C=O) groups excluding carboxylic acids is 1. The standard InChI is InChI=1S/C8H17NO3.ClH/c1-8(12)2-3-9(4-6-10)5-7-11;/h10-11H,2-7H2,1H3;1H. The monoisotopic (exact) mass is 211 g/mol. The van der Waals surface area contributed by atoms with Gasteiger partial charge in [0.05, 0.1) is 13.2 Å². The smallest absolute Gasteiger partial charge is 0.131 e. The molecule has 0 aromatic rings. The van der Waals surface area contributed by atoms with Crippen molar-refractivity contribution in [2.45, 2.75) is 13.3 Å². The summed E-state index contributed by atoms with van der Waals surface area (Å²) in [4.78, 5) is 12.5. The van der Waals surface area contributed by atoms with Gasteiger partial charge in [-0.2, -0.15) is 0 Å². The molecule has 0 saturated carbocycles. The first kappa shape index (κ1) is 15.3. The zero-order valence-electron chi connectivity index (χ0n) is 7.90. The number of carbonyl (C=O) groups is 1. The van der Waals surface area contributed by atoms with E-state index < -0.39 is 0 Å². The van der Waals surface area contributed by atoms with Crippen molar-refractivity contribution < 1.29 is 15.0 Å². The molecule has 0 unspecified atom stereocenters. The number of aliphatic hydroxyl groups is 2. The van der Waals surface area contributed by atoms with Crippen molar-refractivity contribution in [3.8, 4) is 0 Å². The Kier molecular flexibility index (Phi) is 11.7. The molecule has 0 heterocycles. The molecule has 0 saturated heterocycles. The van der Waals surface area contributed by atoms with Gasteiger partial charge in [-0.3, -0.25) is 9.69 Å². The van der Waals surface area contributed by atoms with Gasteiger partial charge in [0.15, 0.2) is 0 Å². The van der Waals surface area contributed by atoms with E-state index >= 15 is 0 Å². The molecule has 0 bridgehead atoms. The van der Waals surface area contributed by atoms with E-state index in [1.807, 2.05) is 4.90 Å². The van der Waals surface area contributed by atoms with Crippen LogP contribution in [0.5, 0.6) is 0 Å². The molecule has 2 N–H and O–H groups in total. The van der Waals surface area contributed by atoms with Gasteiger partial charge in [-0.25, -0.2) is 0 Å². The molecule has 13 heavy (non-hydrogen) atoms. The van der Waals surface area contributed by atoms with Crippen LogP contribution in [0.4, 0.5) is 0 Å². The second-order valence-electron chi connectivity index (χ2n) is 2.74. The molecule has 0 aliphatic carbocycles. The highest BCUT2D eigenvalue weighted by molar-refractivity contribution is 5.85. The number of halogens is 1. The van der Waals surface area contributed by atoms with Gasteiger partial charge in [-0.15, -0.1) is 12.4 Å². The molecule has 80 valence electrons. The van der Waals surface area contributed by atoms with Crippen molar-refractivity contribution in [1.29, 1.82) is 0 Å². The predicted molar refractivity (Wildman–Crippen MR) is 53.2 cm³/mol. The van der Waals surface area contributed by atoms with Gasteiger partial charge in [0, 0.05) is 26.1 Å². The van der Waals surface area contributed by atoms with E-state index in [1.165, 1.54) is 6.92 Å². The summed E-state index contributed by atoms with van der Waals surface area (Å²) >= 11 is 0. The van der Waals surface area contributed by atoms with Crippen molar-refractivity contribution in [3.63, 3.8) is 0 Å². The van der Waals surface area contributed by atoms with E-state index in [2.05, 4.69) is 0 Å². The maximum Gasteiger partial charge on any atom is 0.131 e. The average molecular weight is 212 g/mol. The summed E-state index contributed by atoms with van der Waals surface area (Å²) in [7, 11) is 0. The van der Waals surface area contributed by atoms with E-state index in [9.17, 15) is 4.79 Å². The van der Waals surface area contributed by atoms with Crippen molar-refractivity contribution >= 4 is 18.2 Å². The predicted octanol–water partition coefficient (Wildman–Crippen LogP) is -0.326. The van der Waals surface area contributed by atoms with Crippen LogP contribution in [0, 0.1) is 0 Å². The van der Waals surface area contributed by atoms with Crippen LogP contribution >= 0.6 is 12.4 Å². The minimum absolute atomic E-state index is 0. The molecule has 0 rings (SSSR count). The van der Waals surface area contributed by atoms with Crippen LogP contribution in [-0.4, -0.2) is 53.7 Å². The molecule has 4 nitrogen and oxygen atoms in total. The third-order valence-corrected chi connectivity index (χ3v) is 1.61. The van der Waals surface area contributed by atoms with Crippen molar-refractivity contribution in [3.05, 3.63) is 0 Å². The molecule has 0 amide bonds. The van der Waals surface area contributed by atoms with E-state index in [0.29, 0.717) is 26.1 Å². The molecular formula is C8H18ClNO3. The lowest BCUT2D eigenvalue weighted by Gasteiger charge is -2.18. The number of nitrogens with zero attached hydrogens (tertiary/aromatic N) is 1. The fourth-order valence-electron chi connectivity index (χ4n) is 0.934. The summed E-state index contributed by atoms with van der Waals surface area (Å²) in [6.07, 6.45) is 0.486. The maximum absolute atomic E-state index is 10.6. The zero-order valence-corrected chi connectivity index (χ0v) is 8.72. The summed E-state index contributed by atoms with van der Waals surface area (Å²) < 4.78 is 0. The minimum atomic E-state index is 0. The third-order valence-electron chi connectivity index (χ3n) is 1.61. The van der Waals surface area contributed by atoms with Gasteiger partial charge in [0.2, 0.25) is 0 Å². The van der Waals surface area contributed by atoms with Crippen molar-refractivity contribution in [2.24, 2.45) is 0 Å². The highest BCUT2D eigenvalue weighted by atomic mass is 35.5. The molecule has 0 fully saturated rings. The number of Topliss-reactive ketones (excluding diaryl/α,β-unsaturated/α-hetero) is 1. The summed E-state index contributed by atoms with van der Waals surface area (Å²) in [6.45, 7) is 3.34. The lowest BCUT2D eigenvalue weighted by Crippen LogP contribution is -2.31. The van der Waals surface area contributed by atoms with Crippen LogP contribution in [0.2, 0.25) is 0 Å². The first-order valence-electron chi connectivity index (χ1n) is 4.14. The van der Waals surface area contributed by atoms with Crippen LogP contribution in [0.15, 0.2) is 0 Å². The number of hydrogen-bond donors (Lipinski definition) is 2. The Morgan fingerprint density at radius 1 is 1.15 bits per heavy atom. The summed E-state index contributed by atoms with van der Waals surface area (Å²) in [5.41, 5.74) is 0. The van der Waals surface area contributed by atoms with Gasteiger partial charge >= 0.3 is 0 Å². The van der Waals surface area contributed by atoms with Gasteiger partial charge in [0.25, 0.3) is 0 Å². The first-order valence-corrected chi connectivity index (χ1v) is 4.14. The summed E-state index contributed by atoms with van der Waals surface area (Å²) in [5.74, 6) is 0.135. The van der Waals surface area contributed by atoms with E-state index in [4.69, 9.17) is 10.2 Å². The van der Waals surface area contributed by atoms with E-state index in [1.54, 1.807) is 0 Å². The topological polar surface area (TPSA) is 60.8 Å². The molecule has 0 radical (unpaired) electrons. The molecule has 0 spiro atoms. The Bertz CT molecular complexity index is 127. The highest BCUT2D eigenvalue weighted by Crippen LogP contribution is 1.91. The second kappa shape index (κ2) is 9.92. The van der Waals surface area contributed by atoms with Crippen molar-refractivity contribution in [1.82, 2.24) is 4.90 Å². The van der Waals surface area contributed by atoms with Gasteiger partial charge < -0.3 is 10.2 Å². The van der Waals surface area contributed by atoms with Crippen molar-refractivity contribution in [2.75, 3.05) is 32.8 Å². The number of ketones is 1. The first-order chi connectivity index (χ1) is 5.70. The van der Waals surface area contributed by atoms with Gasteiger partial charge in [-0.1, -0.05) is 0 Å². The Labute approximate surface area is 85.0 Å². The average Bonchev–Trinajstić information content (AvgIpc) is 2.01. The zero-order chi connectivity index (χ0) is 9.40. The Balaban J connectivity index is 0. The fourth-order valence-corrected chi connectivity index (χ4v) is 0.934. The summed E-state index contributed by atoms with van der Waals surface area (Å²) in [6, 6.07) is 0. The lowest BCUT2D eigenvalue weighted by atomic mass is 10.3. The minimum Gasteiger partial charge on any atom is -0.395 e. The third kappa shape index (κ3) is 9.76. The highest BCUT2D eigenvalue weighted by Gasteiger charge is 2.03. The largest absolute Gasteiger partial charge is 0.395 e. The molecule has 0 aromatic heterocycles. The van der Waals surface area contributed by atoms with Gasteiger partial charge in [-0.05, 0) is 6.92 Å². The van der Waals surface area contributed by atoms with Crippen LogP contribution in [0.25, 0.3) is 0 Å². The van der Waals surface area contributed by atoms with Crippen LogP contribution < -0.4 is 0 Å². The molecule has 0 atom stereocenters. The Morgan fingerprint density at radius 3 is 1.92 bits per heavy atom. The molecule has 0 aliphatic heterocycles. The number of rotatable bonds is 7.